The molecule has 0 bridgehead atoms. The van der Waals surface area contributed by atoms with Crippen molar-refractivity contribution >= 4 is 23.6 Å². The van der Waals surface area contributed by atoms with Gasteiger partial charge in [-0.25, -0.2) is 5.84 Å². The van der Waals surface area contributed by atoms with Gasteiger partial charge in [0.05, 0.1) is 10.5 Å². The van der Waals surface area contributed by atoms with Gasteiger partial charge in [-0.2, -0.15) is 0 Å². The smallest absolute Gasteiger partial charge is 0.285 e. The average molecular weight is 380 g/mol. The highest BCUT2D eigenvalue weighted by Gasteiger charge is 2.49. The van der Waals surface area contributed by atoms with Crippen LogP contribution in [-0.2, 0) is 16.0 Å². The van der Waals surface area contributed by atoms with E-state index in [0.717, 1.165) is 10.6 Å². The number of piperazine rings is 1. The van der Waals surface area contributed by atoms with Crippen molar-refractivity contribution in [2.75, 3.05) is 7.05 Å². The molecule has 0 radical (unpaired) electrons. The van der Waals surface area contributed by atoms with E-state index in [1.807, 2.05) is 30.3 Å². The summed E-state index contributed by atoms with van der Waals surface area (Å²) in [5.41, 5.74) is -0.374. The Hall–Kier alpha value is -3.52. The Kier molecular flexibility index (Phi) is 4.98. The molecule has 1 saturated heterocycles. The van der Waals surface area contributed by atoms with E-state index >= 15 is 0 Å². The van der Waals surface area contributed by atoms with Crippen molar-refractivity contribution in [2.45, 2.75) is 18.9 Å². The van der Waals surface area contributed by atoms with Crippen molar-refractivity contribution in [3.63, 3.8) is 0 Å². The monoisotopic (exact) mass is 380 g/mol. The summed E-state index contributed by atoms with van der Waals surface area (Å²) in [6, 6.07) is 15.3. The molecule has 144 valence electrons. The van der Waals surface area contributed by atoms with E-state index < -0.39 is 16.4 Å². The molecule has 28 heavy (non-hydrogen) atoms. The first-order chi connectivity index (χ1) is 13.3. The SMILES string of the molecule is CN1C(=O)C(C)(Cc2ccccc2)N(N)C(=O)/C1=C/c1ccccc1[N+](=O)[O-]. The normalized spacial score (nSPS) is 21.3. The van der Waals surface area contributed by atoms with E-state index in [2.05, 4.69) is 0 Å². The van der Waals surface area contributed by atoms with Gasteiger partial charge in [-0.3, -0.25) is 24.7 Å². The highest BCUT2D eigenvalue weighted by molar-refractivity contribution is 6.08. The third-order valence-corrected chi connectivity index (χ3v) is 4.91. The van der Waals surface area contributed by atoms with Crippen molar-refractivity contribution in [3.05, 3.63) is 81.5 Å². The van der Waals surface area contributed by atoms with Gasteiger partial charge in [0.2, 0.25) is 0 Å². The van der Waals surface area contributed by atoms with Crippen molar-refractivity contribution < 1.29 is 14.5 Å². The summed E-state index contributed by atoms with van der Waals surface area (Å²) < 4.78 is 0. The second-order valence-electron chi connectivity index (χ2n) is 6.82. The van der Waals surface area contributed by atoms with Crippen LogP contribution in [0.5, 0.6) is 0 Å². The van der Waals surface area contributed by atoms with Gasteiger partial charge >= 0.3 is 0 Å². The summed E-state index contributed by atoms with van der Waals surface area (Å²) in [5.74, 6) is 5.10. The number of hydrogen-bond acceptors (Lipinski definition) is 5. The van der Waals surface area contributed by atoms with Crippen molar-refractivity contribution in [1.82, 2.24) is 9.91 Å². The first-order valence-electron chi connectivity index (χ1n) is 8.62. The lowest BCUT2D eigenvalue weighted by molar-refractivity contribution is -0.385. The van der Waals surface area contributed by atoms with Gasteiger partial charge in [0, 0.05) is 19.5 Å². The number of nitrogens with zero attached hydrogens (tertiary/aromatic N) is 3. The van der Waals surface area contributed by atoms with E-state index in [1.165, 1.54) is 36.2 Å². The Balaban J connectivity index is 2.00. The van der Waals surface area contributed by atoms with Crippen LogP contribution in [-0.4, -0.2) is 39.2 Å². The van der Waals surface area contributed by atoms with Crippen LogP contribution in [0.25, 0.3) is 6.08 Å². The lowest BCUT2D eigenvalue weighted by Crippen LogP contribution is -2.68. The molecule has 1 aliphatic rings. The van der Waals surface area contributed by atoms with Gasteiger partial charge in [-0.05, 0) is 24.6 Å². The molecule has 0 spiro atoms. The molecule has 0 saturated carbocycles. The third-order valence-electron chi connectivity index (χ3n) is 4.91. The fraction of sp³-hybridized carbons (Fsp3) is 0.200. The van der Waals surface area contributed by atoms with Crippen molar-refractivity contribution in [3.8, 4) is 0 Å². The van der Waals surface area contributed by atoms with Crippen LogP contribution in [0.1, 0.15) is 18.1 Å². The van der Waals surface area contributed by atoms with Gasteiger partial charge in [0.1, 0.15) is 11.2 Å². The maximum atomic E-state index is 13.1. The molecule has 0 aliphatic carbocycles. The molecule has 1 atom stereocenters. The molecule has 1 heterocycles. The molecule has 1 fully saturated rings. The molecule has 8 nitrogen and oxygen atoms in total. The number of likely N-dealkylation sites (N-methyl/N-ethyl adjacent to an activating group) is 1. The average Bonchev–Trinajstić information content (AvgIpc) is 2.69. The molecule has 1 unspecified atom stereocenters. The first-order valence-corrected chi connectivity index (χ1v) is 8.62. The molecular formula is C20H20N4O4. The minimum atomic E-state index is -1.27. The van der Waals surface area contributed by atoms with Crippen LogP contribution < -0.4 is 5.84 Å². The van der Waals surface area contributed by atoms with Crippen molar-refractivity contribution in [1.29, 1.82) is 0 Å². The molecule has 2 aromatic rings. The summed E-state index contributed by atoms with van der Waals surface area (Å²) >= 11 is 0. The van der Waals surface area contributed by atoms with E-state index in [9.17, 15) is 19.7 Å². The van der Waals surface area contributed by atoms with Gasteiger partial charge < -0.3 is 4.90 Å². The lowest BCUT2D eigenvalue weighted by atomic mass is 9.88. The zero-order valence-corrected chi connectivity index (χ0v) is 15.5. The number of rotatable bonds is 4. The predicted molar refractivity (Wildman–Crippen MR) is 103 cm³/mol. The zero-order chi connectivity index (χ0) is 20.5. The number of carbonyl (C=O) groups is 2. The number of benzene rings is 2. The minimum Gasteiger partial charge on any atom is -0.309 e. The highest BCUT2D eigenvalue weighted by Crippen LogP contribution is 2.31. The standard InChI is InChI=1S/C20H20N4O4/c1-20(13-14-8-4-3-5-9-14)19(26)22(2)17(18(25)23(20)21)12-15-10-6-7-11-16(15)24(27)28/h3-12H,13,21H2,1-2H3/b17-12-. The number of amides is 2. The molecule has 8 heteroatoms. The molecule has 0 aromatic heterocycles. The largest absolute Gasteiger partial charge is 0.309 e. The molecular weight excluding hydrogens is 360 g/mol. The summed E-state index contributed by atoms with van der Waals surface area (Å²) in [5, 5.41) is 12.2. The fourth-order valence-corrected chi connectivity index (χ4v) is 3.30. The Morgan fingerprint density at radius 2 is 1.71 bits per heavy atom. The van der Waals surface area contributed by atoms with Gasteiger partial charge in [0.15, 0.2) is 0 Å². The molecule has 2 amide bonds. The summed E-state index contributed by atoms with van der Waals surface area (Å²) in [6.07, 6.45) is 1.57. The fourth-order valence-electron chi connectivity index (χ4n) is 3.30. The maximum Gasteiger partial charge on any atom is 0.285 e. The van der Waals surface area contributed by atoms with Crippen LogP contribution in [0, 0.1) is 10.1 Å². The maximum absolute atomic E-state index is 13.1. The Morgan fingerprint density at radius 3 is 2.36 bits per heavy atom. The molecule has 2 N–H and O–H groups in total. The molecule has 1 aliphatic heterocycles. The van der Waals surface area contributed by atoms with Crippen LogP contribution in [0.2, 0.25) is 0 Å². The predicted octanol–water partition coefficient (Wildman–Crippen LogP) is 2.11. The topological polar surface area (TPSA) is 110 Å². The number of carbonyl (C=O) groups excluding carboxylic acids is 2. The van der Waals surface area contributed by atoms with E-state index in [4.69, 9.17) is 5.84 Å². The van der Waals surface area contributed by atoms with Crippen LogP contribution >= 0.6 is 0 Å². The van der Waals surface area contributed by atoms with Gasteiger partial charge in [-0.15, -0.1) is 0 Å². The Bertz CT molecular complexity index is 973. The molecule has 2 aromatic carbocycles. The number of hydrazine groups is 1. The van der Waals surface area contributed by atoms with Crippen LogP contribution in [0.4, 0.5) is 5.69 Å². The minimum absolute atomic E-state index is 0.0210. The van der Waals surface area contributed by atoms with Gasteiger partial charge in [0.25, 0.3) is 17.5 Å². The van der Waals surface area contributed by atoms with Crippen LogP contribution in [0.3, 0.4) is 0 Å². The first kappa shape index (κ1) is 19.2. The number of hydrogen-bond donors (Lipinski definition) is 1. The Morgan fingerprint density at radius 1 is 1.11 bits per heavy atom. The lowest BCUT2D eigenvalue weighted by Gasteiger charge is -2.44. The Labute approximate surface area is 162 Å². The number of nitro groups is 1. The molecule has 3 rings (SSSR count). The number of nitro benzene ring substituents is 1. The quantitative estimate of drug-likeness (QED) is 0.287. The summed E-state index contributed by atoms with van der Waals surface area (Å²) in [6.45, 7) is 1.61. The van der Waals surface area contributed by atoms with E-state index in [1.54, 1.807) is 13.0 Å². The second-order valence-corrected chi connectivity index (χ2v) is 6.82. The number of para-hydroxylation sites is 1. The number of nitrogens with two attached hydrogens (primary N) is 1. The summed E-state index contributed by atoms with van der Waals surface area (Å²) in [4.78, 5) is 38.0. The van der Waals surface area contributed by atoms with Crippen molar-refractivity contribution in [2.24, 2.45) is 5.84 Å². The second kappa shape index (κ2) is 7.24. The summed E-state index contributed by atoms with van der Waals surface area (Å²) in [7, 11) is 1.47. The van der Waals surface area contributed by atoms with E-state index in [-0.39, 0.29) is 29.3 Å². The van der Waals surface area contributed by atoms with Gasteiger partial charge in [-0.1, -0.05) is 42.5 Å². The highest BCUT2D eigenvalue weighted by atomic mass is 16.6. The van der Waals surface area contributed by atoms with E-state index in [0.29, 0.717) is 0 Å². The third kappa shape index (κ3) is 3.25. The zero-order valence-electron chi connectivity index (χ0n) is 15.5. The van der Waals surface area contributed by atoms with Crippen LogP contribution in [0.15, 0.2) is 60.3 Å².